The standard InChI is InChI=1S/C18H21ClN4O2S/c1-2-9-23-17(13-5-7-14(19)8-6-13)21-22-18(23)26-12-16(24)20-11-15-4-3-10-25-15/h2,5-8,15H,1,3-4,9-12H2,(H,20,24). The van der Waals surface area contributed by atoms with E-state index in [-0.39, 0.29) is 17.8 Å². The van der Waals surface area contributed by atoms with Gasteiger partial charge in [-0.2, -0.15) is 0 Å². The summed E-state index contributed by atoms with van der Waals surface area (Å²) in [6.07, 6.45) is 3.99. The molecule has 2 heterocycles. The number of ether oxygens (including phenoxy) is 1. The summed E-state index contributed by atoms with van der Waals surface area (Å²) in [6, 6.07) is 7.42. The van der Waals surface area contributed by atoms with Gasteiger partial charge < -0.3 is 10.1 Å². The number of amides is 1. The van der Waals surface area contributed by atoms with Gasteiger partial charge in [0.05, 0.1) is 11.9 Å². The van der Waals surface area contributed by atoms with Gasteiger partial charge in [0.2, 0.25) is 5.91 Å². The SMILES string of the molecule is C=CCn1c(SCC(=O)NCC2CCCO2)nnc1-c1ccc(Cl)cc1. The van der Waals surface area contributed by atoms with E-state index in [0.717, 1.165) is 30.8 Å². The van der Waals surface area contributed by atoms with Crippen molar-refractivity contribution in [2.75, 3.05) is 18.9 Å². The summed E-state index contributed by atoms with van der Waals surface area (Å²) in [5.41, 5.74) is 0.915. The molecule has 26 heavy (non-hydrogen) atoms. The Balaban J connectivity index is 1.62. The van der Waals surface area contributed by atoms with Crippen molar-refractivity contribution >= 4 is 29.3 Å². The molecule has 3 rings (SSSR count). The van der Waals surface area contributed by atoms with Crippen molar-refractivity contribution < 1.29 is 9.53 Å². The summed E-state index contributed by atoms with van der Waals surface area (Å²) in [4.78, 5) is 12.1. The van der Waals surface area contributed by atoms with Gasteiger partial charge in [-0.1, -0.05) is 29.4 Å². The average molecular weight is 393 g/mol. The Morgan fingerprint density at radius 1 is 1.42 bits per heavy atom. The van der Waals surface area contributed by atoms with E-state index in [4.69, 9.17) is 16.3 Å². The molecule has 0 spiro atoms. The summed E-state index contributed by atoms with van der Waals surface area (Å²) in [7, 11) is 0. The minimum Gasteiger partial charge on any atom is -0.376 e. The van der Waals surface area contributed by atoms with Crippen LogP contribution in [0, 0.1) is 0 Å². The number of hydrogen-bond acceptors (Lipinski definition) is 5. The molecule has 1 aliphatic rings. The number of nitrogens with one attached hydrogen (secondary N) is 1. The summed E-state index contributed by atoms with van der Waals surface area (Å²) in [5, 5.41) is 12.8. The van der Waals surface area contributed by atoms with E-state index < -0.39 is 0 Å². The maximum atomic E-state index is 12.1. The van der Waals surface area contributed by atoms with Crippen molar-refractivity contribution in [2.45, 2.75) is 30.6 Å². The average Bonchev–Trinajstić information content (AvgIpc) is 3.29. The van der Waals surface area contributed by atoms with Crippen molar-refractivity contribution in [3.63, 3.8) is 0 Å². The fourth-order valence-electron chi connectivity index (χ4n) is 2.72. The largest absolute Gasteiger partial charge is 0.376 e. The van der Waals surface area contributed by atoms with Gasteiger partial charge in [0.25, 0.3) is 0 Å². The molecule has 1 aliphatic heterocycles. The molecular formula is C18H21ClN4O2S. The molecule has 0 bridgehead atoms. The first-order valence-electron chi connectivity index (χ1n) is 8.48. The molecule has 138 valence electrons. The van der Waals surface area contributed by atoms with Crippen LogP contribution in [0.25, 0.3) is 11.4 Å². The summed E-state index contributed by atoms with van der Waals surface area (Å²) < 4.78 is 7.45. The van der Waals surface area contributed by atoms with Crippen LogP contribution in [0.15, 0.2) is 42.1 Å². The number of nitrogens with zero attached hydrogens (tertiary/aromatic N) is 3. The summed E-state index contributed by atoms with van der Waals surface area (Å²) >= 11 is 7.31. The molecule has 1 fully saturated rings. The van der Waals surface area contributed by atoms with Crippen molar-refractivity contribution in [3.8, 4) is 11.4 Å². The highest BCUT2D eigenvalue weighted by Gasteiger charge is 2.18. The minimum atomic E-state index is -0.0355. The third-order valence-electron chi connectivity index (χ3n) is 4.01. The van der Waals surface area contributed by atoms with Gasteiger partial charge in [-0.25, -0.2) is 0 Å². The van der Waals surface area contributed by atoms with Crippen LogP contribution in [0.2, 0.25) is 5.02 Å². The van der Waals surface area contributed by atoms with E-state index >= 15 is 0 Å². The van der Waals surface area contributed by atoms with Crippen LogP contribution in [0.3, 0.4) is 0 Å². The van der Waals surface area contributed by atoms with Gasteiger partial charge in [-0.05, 0) is 37.1 Å². The molecule has 1 unspecified atom stereocenters. The molecule has 1 N–H and O–H groups in total. The Labute approximate surface area is 162 Å². The Kier molecular flexibility index (Phi) is 6.71. The second kappa shape index (κ2) is 9.21. The number of hydrogen-bond donors (Lipinski definition) is 1. The number of aromatic nitrogens is 3. The molecule has 1 aromatic heterocycles. The first-order chi connectivity index (χ1) is 12.7. The first-order valence-corrected chi connectivity index (χ1v) is 9.85. The number of allylic oxidation sites excluding steroid dienone is 1. The van der Waals surface area contributed by atoms with E-state index in [1.807, 2.05) is 28.8 Å². The monoisotopic (exact) mass is 392 g/mol. The van der Waals surface area contributed by atoms with Crippen LogP contribution in [0.5, 0.6) is 0 Å². The maximum Gasteiger partial charge on any atom is 0.230 e. The van der Waals surface area contributed by atoms with Gasteiger partial charge in [0.15, 0.2) is 11.0 Å². The second-order valence-corrected chi connectivity index (χ2v) is 7.32. The van der Waals surface area contributed by atoms with E-state index in [9.17, 15) is 4.79 Å². The van der Waals surface area contributed by atoms with Crippen LogP contribution in [-0.2, 0) is 16.1 Å². The van der Waals surface area contributed by atoms with Gasteiger partial charge in [0, 0.05) is 30.3 Å². The van der Waals surface area contributed by atoms with E-state index in [1.165, 1.54) is 11.8 Å². The highest BCUT2D eigenvalue weighted by atomic mass is 35.5. The normalized spacial score (nSPS) is 16.6. The molecule has 1 saturated heterocycles. The second-order valence-electron chi connectivity index (χ2n) is 5.94. The van der Waals surface area contributed by atoms with Crippen LogP contribution in [-0.4, -0.2) is 45.7 Å². The Morgan fingerprint density at radius 3 is 2.92 bits per heavy atom. The van der Waals surface area contributed by atoms with Crippen LogP contribution in [0.4, 0.5) is 0 Å². The Hall–Kier alpha value is -1.83. The minimum absolute atomic E-state index is 0.0355. The fraction of sp³-hybridized carbons (Fsp3) is 0.389. The number of benzene rings is 1. The summed E-state index contributed by atoms with van der Waals surface area (Å²) in [5.74, 6) is 0.971. The molecular weight excluding hydrogens is 372 g/mol. The smallest absolute Gasteiger partial charge is 0.230 e. The van der Waals surface area contributed by atoms with Crippen LogP contribution in [0.1, 0.15) is 12.8 Å². The highest BCUT2D eigenvalue weighted by molar-refractivity contribution is 7.99. The third kappa shape index (κ3) is 4.87. The predicted molar refractivity (Wildman–Crippen MR) is 103 cm³/mol. The number of carbonyl (C=O) groups excluding carboxylic acids is 1. The molecule has 0 aliphatic carbocycles. The van der Waals surface area contributed by atoms with E-state index in [2.05, 4.69) is 22.1 Å². The molecule has 0 saturated carbocycles. The first kappa shape index (κ1) is 18.9. The van der Waals surface area contributed by atoms with Crippen molar-refractivity contribution in [2.24, 2.45) is 0 Å². The zero-order valence-electron chi connectivity index (χ0n) is 14.4. The van der Waals surface area contributed by atoms with Crippen LogP contribution < -0.4 is 5.32 Å². The number of thioether (sulfide) groups is 1. The van der Waals surface area contributed by atoms with Crippen molar-refractivity contribution in [1.29, 1.82) is 0 Å². The Bertz CT molecular complexity index is 757. The van der Waals surface area contributed by atoms with Crippen LogP contribution >= 0.6 is 23.4 Å². The van der Waals surface area contributed by atoms with Crippen molar-refractivity contribution in [1.82, 2.24) is 20.1 Å². The molecule has 2 aromatic rings. The predicted octanol–water partition coefficient (Wildman–Crippen LogP) is 3.17. The van der Waals surface area contributed by atoms with E-state index in [1.54, 1.807) is 6.08 Å². The molecule has 1 amide bonds. The lowest BCUT2D eigenvalue weighted by Gasteiger charge is -2.11. The van der Waals surface area contributed by atoms with Gasteiger partial charge in [-0.15, -0.1) is 16.8 Å². The third-order valence-corrected chi connectivity index (χ3v) is 5.23. The zero-order chi connectivity index (χ0) is 18.4. The molecule has 1 atom stereocenters. The van der Waals surface area contributed by atoms with Gasteiger partial charge >= 0.3 is 0 Å². The van der Waals surface area contributed by atoms with Gasteiger partial charge in [0.1, 0.15) is 0 Å². The molecule has 8 heteroatoms. The molecule has 1 aromatic carbocycles. The lowest BCUT2D eigenvalue weighted by molar-refractivity contribution is -0.119. The van der Waals surface area contributed by atoms with Gasteiger partial charge in [-0.3, -0.25) is 9.36 Å². The topological polar surface area (TPSA) is 69.0 Å². The lowest BCUT2D eigenvalue weighted by Crippen LogP contribution is -2.32. The zero-order valence-corrected chi connectivity index (χ0v) is 15.9. The number of halogens is 1. The summed E-state index contributed by atoms with van der Waals surface area (Å²) in [6.45, 7) is 5.70. The molecule has 6 nitrogen and oxygen atoms in total. The maximum absolute atomic E-state index is 12.1. The van der Waals surface area contributed by atoms with E-state index in [0.29, 0.717) is 23.3 Å². The lowest BCUT2D eigenvalue weighted by atomic mass is 10.2. The number of carbonyl (C=O) groups is 1. The van der Waals surface area contributed by atoms with Crippen molar-refractivity contribution in [3.05, 3.63) is 41.9 Å². The molecule has 0 radical (unpaired) electrons. The number of rotatable bonds is 8. The Morgan fingerprint density at radius 2 is 2.23 bits per heavy atom. The quantitative estimate of drug-likeness (QED) is 0.552. The highest BCUT2D eigenvalue weighted by Crippen LogP contribution is 2.25. The fourth-order valence-corrected chi connectivity index (χ4v) is 3.62.